The molecular weight excluding hydrogens is 330 g/mol. The molecule has 0 aliphatic rings. The van der Waals surface area contributed by atoms with Crippen LogP contribution in [-0.4, -0.2) is 26.7 Å². The van der Waals surface area contributed by atoms with E-state index in [1.54, 1.807) is 18.2 Å². The van der Waals surface area contributed by atoms with Gasteiger partial charge in [0.15, 0.2) is 18.1 Å². The number of methoxy groups -OCH3 is 2. The summed E-state index contributed by atoms with van der Waals surface area (Å²) in [6.07, 6.45) is 0. The standard InChI is InChI=1S/C18H20ClNO4/c1-11-7-15(22-3)18(16(8-11)23-4)24-10-17(21)20-14-6-5-13(19)9-12(14)2/h5-9H,10H2,1-4H3,(H,20,21). The Morgan fingerprint density at radius 3 is 2.25 bits per heavy atom. The SMILES string of the molecule is COc1cc(C)cc(OC)c1OCC(=O)Nc1ccc(Cl)cc1C. The molecule has 0 spiro atoms. The molecule has 1 amide bonds. The van der Waals surface area contributed by atoms with Gasteiger partial charge in [0.1, 0.15) is 0 Å². The highest BCUT2D eigenvalue weighted by molar-refractivity contribution is 6.30. The van der Waals surface area contributed by atoms with Gasteiger partial charge in [-0.2, -0.15) is 0 Å². The van der Waals surface area contributed by atoms with E-state index in [0.29, 0.717) is 28.0 Å². The molecule has 6 heteroatoms. The predicted molar refractivity (Wildman–Crippen MR) is 94.6 cm³/mol. The van der Waals surface area contributed by atoms with Crippen molar-refractivity contribution in [1.82, 2.24) is 0 Å². The zero-order chi connectivity index (χ0) is 17.7. The first-order valence-electron chi connectivity index (χ1n) is 7.36. The number of carbonyl (C=O) groups is 1. The van der Waals surface area contributed by atoms with E-state index in [1.807, 2.05) is 26.0 Å². The van der Waals surface area contributed by atoms with Crippen LogP contribution in [0.4, 0.5) is 5.69 Å². The number of rotatable bonds is 6. The second-order valence-electron chi connectivity index (χ2n) is 5.29. The quantitative estimate of drug-likeness (QED) is 0.856. The van der Waals surface area contributed by atoms with Crippen molar-refractivity contribution in [2.24, 2.45) is 0 Å². The fraction of sp³-hybridized carbons (Fsp3) is 0.278. The van der Waals surface area contributed by atoms with Crippen molar-refractivity contribution in [2.75, 3.05) is 26.1 Å². The number of carbonyl (C=O) groups excluding carboxylic acids is 1. The van der Waals surface area contributed by atoms with Crippen molar-refractivity contribution in [3.05, 3.63) is 46.5 Å². The summed E-state index contributed by atoms with van der Waals surface area (Å²) in [5.74, 6) is 1.14. The Labute approximate surface area is 146 Å². The number of anilines is 1. The smallest absolute Gasteiger partial charge is 0.262 e. The Kier molecular flexibility index (Phi) is 5.93. The van der Waals surface area contributed by atoms with E-state index in [-0.39, 0.29) is 12.5 Å². The van der Waals surface area contributed by atoms with E-state index in [4.69, 9.17) is 25.8 Å². The average Bonchev–Trinajstić information content (AvgIpc) is 2.55. The normalized spacial score (nSPS) is 10.2. The molecule has 0 saturated carbocycles. The third kappa shape index (κ3) is 4.32. The van der Waals surface area contributed by atoms with Gasteiger partial charge in [-0.15, -0.1) is 0 Å². The molecule has 24 heavy (non-hydrogen) atoms. The summed E-state index contributed by atoms with van der Waals surface area (Å²) >= 11 is 5.91. The van der Waals surface area contributed by atoms with Crippen LogP contribution < -0.4 is 19.5 Å². The molecule has 0 atom stereocenters. The molecule has 0 aromatic heterocycles. The lowest BCUT2D eigenvalue weighted by Crippen LogP contribution is -2.21. The molecule has 0 fully saturated rings. The molecular formula is C18H20ClNO4. The molecule has 2 aromatic rings. The van der Waals surface area contributed by atoms with E-state index in [9.17, 15) is 4.79 Å². The number of aryl methyl sites for hydroxylation is 2. The fourth-order valence-electron chi connectivity index (χ4n) is 2.24. The van der Waals surface area contributed by atoms with Gasteiger partial charge >= 0.3 is 0 Å². The lowest BCUT2D eigenvalue weighted by molar-refractivity contribution is -0.118. The van der Waals surface area contributed by atoms with Crippen molar-refractivity contribution in [2.45, 2.75) is 13.8 Å². The van der Waals surface area contributed by atoms with Gasteiger partial charge in [-0.1, -0.05) is 11.6 Å². The number of ether oxygens (including phenoxy) is 3. The monoisotopic (exact) mass is 349 g/mol. The van der Waals surface area contributed by atoms with Gasteiger partial charge in [0.05, 0.1) is 14.2 Å². The Bertz CT molecular complexity index is 721. The minimum atomic E-state index is -0.287. The van der Waals surface area contributed by atoms with Crippen molar-refractivity contribution < 1.29 is 19.0 Å². The molecule has 1 N–H and O–H groups in total. The maximum absolute atomic E-state index is 12.1. The summed E-state index contributed by atoms with van der Waals surface area (Å²) in [6, 6.07) is 8.89. The van der Waals surface area contributed by atoms with Gasteiger partial charge < -0.3 is 19.5 Å². The molecule has 0 unspecified atom stereocenters. The summed E-state index contributed by atoms with van der Waals surface area (Å²) in [7, 11) is 3.08. The van der Waals surface area contributed by atoms with Crippen molar-refractivity contribution in [3.63, 3.8) is 0 Å². The van der Waals surface area contributed by atoms with Crippen LogP contribution in [0.25, 0.3) is 0 Å². The minimum absolute atomic E-state index is 0.169. The summed E-state index contributed by atoms with van der Waals surface area (Å²) in [6.45, 7) is 3.62. The summed E-state index contributed by atoms with van der Waals surface area (Å²) in [5, 5.41) is 3.41. The Morgan fingerprint density at radius 1 is 1.08 bits per heavy atom. The lowest BCUT2D eigenvalue weighted by atomic mass is 10.2. The number of hydrogen-bond donors (Lipinski definition) is 1. The largest absolute Gasteiger partial charge is 0.493 e. The molecule has 2 rings (SSSR count). The van der Waals surface area contributed by atoms with Crippen LogP contribution in [0.15, 0.2) is 30.3 Å². The summed E-state index contributed by atoms with van der Waals surface area (Å²) in [5.41, 5.74) is 2.54. The number of nitrogens with one attached hydrogen (secondary N) is 1. The molecule has 0 radical (unpaired) electrons. The van der Waals surface area contributed by atoms with Crippen LogP contribution in [0, 0.1) is 13.8 Å². The van der Waals surface area contributed by atoms with E-state index in [1.165, 1.54) is 14.2 Å². The van der Waals surface area contributed by atoms with Crippen molar-refractivity contribution >= 4 is 23.2 Å². The van der Waals surface area contributed by atoms with Crippen LogP contribution in [0.3, 0.4) is 0 Å². The van der Waals surface area contributed by atoms with E-state index in [0.717, 1.165) is 11.1 Å². The number of benzene rings is 2. The maximum Gasteiger partial charge on any atom is 0.262 e. The van der Waals surface area contributed by atoms with Crippen molar-refractivity contribution in [3.8, 4) is 17.2 Å². The van der Waals surface area contributed by atoms with Gasteiger partial charge in [0, 0.05) is 10.7 Å². The Balaban J connectivity index is 2.09. The summed E-state index contributed by atoms with van der Waals surface area (Å²) < 4.78 is 16.2. The molecule has 0 aliphatic heterocycles. The second kappa shape index (κ2) is 7.93. The average molecular weight is 350 g/mol. The van der Waals surface area contributed by atoms with Gasteiger partial charge in [-0.25, -0.2) is 0 Å². The lowest BCUT2D eigenvalue weighted by Gasteiger charge is -2.15. The Hall–Kier alpha value is -2.40. The third-order valence-electron chi connectivity index (χ3n) is 3.42. The van der Waals surface area contributed by atoms with Crippen LogP contribution in [0.5, 0.6) is 17.2 Å². The van der Waals surface area contributed by atoms with Gasteiger partial charge in [0.25, 0.3) is 5.91 Å². The van der Waals surface area contributed by atoms with Crippen molar-refractivity contribution in [1.29, 1.82) is 0 Å². The van der Waals surface area contributed by atoms with Gasteiger partial charge in [0.2, 0.25) is 5.75 Å². The topological polar surface area (TPSA) is 56.8 Å². The molecule has 5 nitrogen and oxygen atoms in total. The number of halogens is 1. The Morgan fingerprint density at radius 2 is 1.71 bits per heavy atom. The minimum Gasteiger partial charge on any atom is -0.493 e. The molecule has 0 aliphatic carbocycles. The van der Waals surface area contributed by atoms with Crippen LogP contribution in [-0.2, 0) is 4.79 Å². The first-order valence-corrected chi connectivity index (χ1v) is 7.73. The second-order valence-corrected chi connectivity index (χ2v) is 5.73. The zero-order valence-electron chi connectivity index (χ0n) is 14.1. The van der Waals surface area contributed by atoms with Gasteiger partial charge in [-0.05, 0) is 55.3 Å². The van der Waals surface area contributed by atoms with E-state index in [2.05, 4.69) is 5.32 Å². The number of hydrogen-bond acceptors (Lipinski definition) is 4. The number of amides is 1. The highest BCUT2D eigenvalue weighted by atomic mass is 35.5. The first kappa shape index (κ1) is 17.9. The molecule has 0 bridgehead atoms. The van der Waals surface area contributed by atoms with Gasteiger partial charge in [-0.3, -0.25) is 4.79 Å². The van der Waals surface area contributed by atoms with Crippen LogP contribution in [0.1, 0.15) is 11.1 Å². The zero-order valence-corrected chi connectivity index (χ0v) is 14.9. The summed E-state index contributed by atoms with van der Waals surface area (Å²) in [4.78, 5) is 12.1. The first-order chi connectivity index (χ1) is 11.4. The third-order valence-corrected chi connectivity index (χ3v) is 3.65. The maximum atomic E-state index is 12.1. The fourth-order valence-corrected chi connectivity index (χ4v) is 2.47. The van der Waals surface area contributed by atoms with Crippen LogP contribution >= 0.6 is 11.6 Å². The molecule has 0 saturated heterocycles. The van der Waals surface area contributed by atoms with E-state index < -0.39 is 0 Å². The highest BCUT2D eigenvalue weighted by Crippen LogP contribution is 2.38. The predicted octanol–water partition coefficient (Wildman–Crippen LogP) is 3.99. The molecule has 128 valence electrons. The van der Waals surface area contributed by atoms with Crippen LogP contribution in [0.2, 0.25) is 5.02 Å². The molecule has 0 heterocycles. The highest BCUT2D eigenvalue weighted by Gasteiger charge is 2.15. The van der Waals surface area contributed by atoms with E-state index >= 15 is 0 Å². The molecule has 2 aromatic carbocycles.